The van der Waals surface area contributed by atoms with Gasteiger partial charge in [0.25, 0.3) is 0 Å². The molecule has 47 heavy (non-hydrogen) atoms. The largest absolute Gasteiger partial charge is 0.478 e. The van der Waals surface area contributed by atoms with Gasteiger partial charge < -0.3 is 14.6 Å². The van der Waals surface area contributed by atoms with E-state index < -0.39 is 186 Å². The van der Waals surface area contributed by atoms with E-state index in [4.69, 9.17) is 53.4 Å². The Balaban J connectivity index is 0.000000369. The zero-order valence-corrected chi connectivity index (χ0v) is 25.8. The van der Waals surface area contributed by atoms with Crippen molar-refractivity contribution in [2.24, 2.45) is 0 Å². The van der Waals surface area contributed by atoms with Gasteiger partial charge in [-0.15, -0.1) is 0 Å². The average molecular weight is 762 g/mol. The first-order valence-electron chi connectivity index (χ1n) is 22.6. The molecule has 256 valence electrons. The highest BCUT2D eigenvalue weighted by molar-refractivity contribution is 7.93. The number of rotatable bonds is 10. The highest BCUT2D eigenvalue weighted by Gasteiger charge is 2.36. The van der Waals surface area contributed by atoms with E-state index >= 15 is 0 Å². The summed E-state index contributed by atoms with van der Waals surface area (Å²) in [4.78, 5) is 35.4. The number of carboxylic acids is 1. The smallest absolute Gasteiger partial charge is 0.337 e. The predicted octanol–water partition coefficient (Wildman–Crippen LogP) is 5.55. The molecule has 18 heteroatoms. The lowest BCUT2D eigenvalue weighted by Gasteiger charge is -2.24. The fourth-order valence-corrected chi connectivity index (χ4v) is 5.47. The van der Waals surface area contributed by atoms with Crippen molar-refractivity contribution in [3.05, 3.63) is 81.2 Å². The highest BCUT2D eigenvalue weighted by Crippen LogP contribution is 2.31. The second-order valence-electron chi connectivity index (χ2n) is 7.87. The number of anilines is 2. The van der Waals surface area contributed by atoms with E-state index in [1.165, 1.54) is 9.44 Å². The number of allylic oxidation sites excluding steroid dienone is 2. The normalized spacial score (nSPS) is 34.7. The summed E-state index contributed by atoms with van der Waals surface area (Å²) in [5, 5.41) is -1.31. The number of carboxylic acid groups (broad SMARTS) is 1. The molecule has 0 heterocycles. The van der Waals surface area contributed by atoms with E-state index in [1.807, 2.05) is 0 Å². The summed E-state index contributed by atoms with van der Waals surface area (Å²) >= 11 is 11.4. The van der Waals surface area contributed by atoms with E-state index in [1.54, 1.807) is 0 Å². The molecule has 2 aromatic carbocycles. The van der Waals surface area contributed by atoms with Gasteiger partial charge in [-0.1, -0.05) is 35.3 Å². The van der Waals surface area contributed by atoms with Crippen molar-refractivity contribution < 1.29 is 84.7 Å². The van der Waals surface area contributed by atoms with Crippen LogP contribution in [0.3, 0.4) is 0 Å². The number of hydrogen-bond acceptors (Lipinski definition) is 9. The maximum atomic E-state index is 13.9. The third-order valence-electron chi connectivity index (χ3n) is 4.66. The van der Waals surface area contributed by atoms with E-state index in [9.17, 15) is 45.1 Å². The molecule has 0 saturated heterocycles. The van der Waals surface area contributed by atoms with Crippen LogP contribution in [0.25, 0.3) is 0 Å². The average Bonchev–Trinajstić information content (AvgIpc) is 3.22. The molecule has 2 unspecified atom stereocenters. The van der Waals surface area contributed by atoms with Crippen molar-refractivity contribution in [1.29, 1.82) is 0 Å². The SMILES string of the molecule is [2H]C1=C(C(=O)O)C([2H])(S(=O)(=O)Nc2c([2H])c([2H])c(F)c([2H])c2Cl)C([2H])([2H])C([2H])([2H])C1([2H])[2H].[2H]C1=C(C(=O)OCOC(C)=O)C([2H])(S(=O)(=O)Nc2c([2H])c([2H])c(F)c([2H])c2Cl)C([2H])([2H])C([2H])([2H])C1([2H])[2H]. The molecule has 0 saturated carbocycles. The van der Waals surface area contributed by atoms with Crippen molar-refractivity contribution in [1.82, 2.24) is 0 Å². The van der Waals surface area contributed by atoms with Crippen molar-refractivity contribution in [3.63, 3.8) is 0 Å². The Morgan fingerprint density at radius 2 is 1.34 bits per heavy atom. The van der Waals surface area contributed by atoms with Crippen LogP contribution in [0.15, 0.2) is 59.5 Å². The van der Waals surface area contributed by atoms with Crippen LogP contribution >= 0.6 is 23.2 Å². The van der Waals surface area contributed by atoms with Crippen LogP contribution in [-0.4, -0.2) is 57.1 Å². The van der Waals surface area contributed by atoms with E-state index in [0.29, 0.717) is 0 Å². The maximum absolute atomic E-state index is 13.9. The molecule has 0 aromatic heterocycles. The lowest BCUT2D eigenvalue weighted by Crippen LogP contribution is -2.35. The topological polar surface area (TPSA) is 182 Å². The van der Waals surface area contributed by atoms with Crippen LogP contribution in [0.2, 0.25) is 10.0 Å². The quantitative estimate of drug-likeness (QED) is 0.205. The van der Waals surface area contributed by atoms with Crippen molar-refractivity contribution in [2.45, 2.75) is 55.6 Å². The number of sulfonamides is 2. The van der Waals surface area contributed by atoms with Crippen molar-refractivity contribution in [3.8, 4) is 0 Å². The molecule has 2 aromatic rings. The molecule has 4 rings (SSSR count). The van der Waals surface area contributed by atoms with E-state index in [-0.39, 0.29) is 0 Å². The number of aliphatic carboxylic acids is 1. The zero-order chi connectivity index (χ0) is 54.5. The second-order valence-corrected chi connectivity index (χ2v) is 11.9. The van der Waals surface area contributed by atoms with Crippen LogP contribution in [0.5, 0.6) is 0 Å². The van der Waals surface area contributed by atoms with Gasteiger partial charge in [0.05, 0.1) is 46.3 Å². The Hall–Kier alpha value is -3.73. The monoisotopic (exact) mass is 760 g/mol. The van der Waals surface area contributed by atoms with Gasteiger partial charge in [0.1, 0.15) is 22.1 Å². The summed E-state index contributed by atoms with van der Waals surface area (Å²) in [7, 11) is -11.9. The van der Waals surface area contributed by atoms with Gasteiger partial charge in [0.2, 0.25) is 26.8 Å². The third-order valence-corrected chi connectivity index (χ3v) is 7.86. The molecule has 2 aliphatic rings. The second kappa shape index (κ2) is 16.4. The molecule has 0 amide bonds. The first-order valence-corrected chi connectivity index (χ1v) is 15.3. The molecular weight excluding hydrogens is 709 g/mol. The molecule has 0 aliphatic heterocycles. The summed E-state index contributed by atoms with van der Waals surface area (Å²) < 4.78 is 265. The van der Waals surface area contributed by atoms with Crippen molar-refractivity contribution in [2.75, 3.05) is 16.2 Å². The molecule has 12 nitrogen and oxygen atoms in total. The van der Waals surface area contributed by atoms with Crippen molar-refractivity contribution >= 4 is 72.5 Å². The van der Waals surface area contributed by atoms with E-state index in [0.717, 1.165) is 6.92 Å². The third kappa shape index (κ3) is 10.6. The number of hydrogen-bond donors (Lipinski definition) is 3. The first-order chi connectivity index (χ1) is 30.6. The van der Waals surface area contributed by atoms with Gasteiger partial charge >= 0.3 is 17.9 Å². The van der Waals surface area contributed by atoms with Crippen LogP contribution in [0, 0.1) is 11.6 Å². The maximum Gasteiger partial charge on any atom is 0.337 e. The number of benzene rings is 2. The Morgan fingerprint density at radius 1 is 0.894 bits per heavy atom. The fraction of sp³-hybridized carbons (Fsp3) is 0.345. The number of halogens is 4. The minimum Gasteiger partial charge on any atom is -0.478 e. The van der Waals surface area contributed by atoms with Crippen LogP contribution in [0.1, 0.15) is 75.3 Å². The van der Waals surface area contributed by atoms with Gasteiger partial charge in [-0.25, -0.2) is 35.2 Å². The van der Waals surface area contributed by atoms with Gasteiger partial charge in [-0.05, 0) is 74.5 Å². The fourth-order valence-electron chi connectivity index (χ4n) is 2.77. The first kappa shape index (κ1) is 17.1. The molecule has 2 atom stereocenters. The zero-order valence-electron chi connectivity index (χ0n) is 44.7. The Morgan fingerprint density at radius 3 is 1.79 bits per heavy atom. The number of carbonyl (C=O) groups excluding carboxylic acids is 2. The molecule has 3 N–H and O–H groups in total. The Kier molecular flexibility index (Phi) is 5.96. The Labute approximate surface area is 310 Å². The molecule has 0 bridgehead atoms. The number of carbonyl (C=O) groups is 3. The summed E-state index contributed by atoms with van der Waals surface area (Å²) in [6.45, 7) is -0.358. The van der Waals surface area contributed by atoms with Crippen LogP contribution in [-0.2, 0) is 43.9 Å². The van der Waals surface area contributed by atoms with E-state index in [2.05, 4.69) is 9.47 Å². The summed E-state index contributed by atoms with van der Waals surface area (Å²) in [6, 6.07) is -11.4. The highest BCUT2D eigenvalue weighted by atomic mass is 35.5. The number of esters is 2. The van der Waals surface area contributed by atoms with Gasteiger partial charge in [-0.2, -0.15) is 0 Å². The van der Waals surface area contributed by atoms with Gasteiger partial charge in [-0.3, -0.25) is 14.2 Å². The summed E-state index contributed by atoms with van der Waals surface area (Å²) in [5.41, 5.74) is -6.24. The van der Waals surface area contributed by atoms with Gasteiger partial charge in [0.15, 0.2) is 0 Å². The standard InChI is InChI=1S/C16H17ClFNO6S.C13H13ClFNO4S/c1-10(20)24-9-25-16(21)12-4-2-3-5-15(12)26(22,23)19-14-7-6-11(18)8-13(14)17;14-10-7-8(15)5-6-11(10)16-21(19,20)12-4-2-1-3-9(12)13(17)18/h4,6-8,15,19H,2-3,5,9H2,1H3;3,5-7,12,16H,1-2,4H2,(H,17,18)/i2D2,3D2,4D,5D2,6D,7D,8D,15D;1D2,2D2,3D,4D2,5D,6D,7D,12D. The number of ether oxygens (including phenoxy) is 2. The van der Waals surface area contributed by atoms with Gasteiger partial charge in [0, 0.05) is 23.4 Å². The molecule has 0 radical (unpaired) electrons. The molecule has 2 aliphatic carbocycles. The van der Waals surface area contributed by atoms with Crippen LogP contribution < -0.4 is 9.44 Å². The Bertz CT molecular complexity index is 2820. The number of nitrogens with one attached hydrogen (secondary N) is 2. The van der Waals surface area contributed by atoms with Crippen LogP contribution in [0.4, 0.5) is 20.2 Å². The molecule has 0 spiro atoms. The lowest BCUT2D eigenvalue weighted by atomic mass is 9.99. The molecular formula is C29H30Cl2F2N2O10S2. The minimum absolute atomic E-state index is 0.880. The minimum atomic E-state index is -5.97. The molecule has 0 fully saturated rings. The lowest BCUT2D eigenvalue weighted by molar-refractivity contribution is -0.163. The predicted molar refractivity (Wildman–Crippen MR) is 170 cm³/mol. The summed E-state index contributed by atoms with van der Waals surface area (Å²) in [6.07, 6.45) is -23.7. The summed E-state index contributed by atoms with van der Waals surface area (Å²) in [5.74, 6) is -8.71.